The minimum atomic E-state index is -3.58. The Bertz CT molecular complexity index is 637. The molecule has 8 heteroatoms. The quantitative estimate of drug-likeness (QED) is 0.812. The summed E-state index contributed by atoms with van der Waals surface area (Å²) in [4.78, 5) is 13.7. The second-order valence-corrected chi connectivity index (χ2v) is 6.97. The van der Waals surface area contributed by atoms with Gasteiger partial charge in [0.05, 0.1) is 32.1 Å². The van der Waals surface area contributed by atoms with E-state index in [1.165, 1.54) is 0 Å². The van der Waals surface area contributed by atoms with Crippen molar-refractivity contribution in [2.75, 3.05) is 26.5 Å². The highest BCUT2D eigenvalue weighted by Gasteiger charge is 2.32. The molecule has 1 aromatic rings. The van der Waals surface area contributed by atoms with Crippen LogP contribution in [-0.4, -0.2) is 45.7 Å². The van der Waals surface area contributed by atoms with Gasteiger partial charge >= 0.3 is 0 Å². The number of amides is 1. The van der Waals surface area contributed by atoms with Crippen LogP contribution in [0.2, 0.25) is 0 Å². The molecule has 1 saturated heterocycles. The van der Waals surface area contributed by atoms with E-state index in [1.807, 2.05) is 0 Å². The number of hydrogen-bond donors (Lipinski definition) is 1. The lowest BCUT2D eigenvalue weighted by molar-refractivity contribution is -0.128. The van der Waals surface area contributed by atoms with Crippen LogP contribution in [0, 0.1) is 5.92 Å². The molecule has 1 amide bonds. The number of carbonyl (C=O) groups excluding carboxylic acids is 1. The first-order valence-electron chi connectivity index (χ1n) is 6.82. The Balaban J connectivity index is 2.16. The zero-order valence-electron chi connectivity index (χ0n) is 12.6. The summed E-state index contributed by atoms with van der Waals surface area (Å²) < 4.78 is 32.9. The van der Waals surface area contributed by atoms with Gasteiger partial charge in [0, 0.05) is 18.9 Å². The van der Waals surface area contributed by atoms with Gasteiger partial charge in [0.2, 0.25) is 15.9 Å². The first-order valence-corrected chi connectivity index (χ1v) is 8.53. The van der Waals surface area contributed by atoms with Crippen molar-refractivity contribution in [3.05, 3.63) is 23.8 Å². The fraction of sp³-hybridized carbons (Fsp3) is 0.500. The smallest absolute Gasteiger partial charge is 0.223 e. The van der Waals surface area contributed by atoms with Crippen LogP contribution in [-0.2, 0) is 21.4 Å². The van der Waals surface area contributed by atoms with Gasteiger partial charge in [-0.3, -0.25) is 4.79 Å². The summed E-state index contributed by atoms with van der Waals surface area (Å²) in [5.41, 5.74) is 0.761. The predicted octanol–water partition coefficient (Wildman–Crippen LogP) is 0.341. The lowest BCUT2D eigenvalue weighted by Crippen LogP contribution is -2.27. The van der Waals surface area contributed by atoms with Crippen molar-refractivity contribution in [2.45, 2.75) is 13.0 Å². The Labute approximate surface area is 130 Å². The van der Waals surface area contributed by atoms with Crippen molar-refractivity contribution in [2.24, 2.45) is 11.1 Å². The van der Waals surface area contributed by atoms with Gasteiger partial charge < -0.3 is 14.4 Å². The van der Waals surface area contributed by atoms with Gasteiger partial charge in [-0.1, -0.05) is 6.07 Å². The van der Waals surface area contributed by atoms with Crippen LogP contribution in [0.4, 0.5) is 0 Å². The van der Waals surface area contributed by atoms with Crippen molar-refractivity contribution in [3.63, 3.8) is 0 Å². The molecule has 1 fully saturated rings. The van der Waals surface area contributed by atoms with Crippen LogP contribution in [0.15, 0.2) is 18.2 Å². The zero-order valence-corrected chi connectivity index (χ0v) is 13.4. The van der Waals surface area contributed by atoms with E-state index in [4.69, 9.17) is 14.6 Å². The van der Waals surface area contributed by atoms with E-state index in [9.17, 15) is 13.2 Å². The molecule has 0 spiro atoms. The number of nitrogens with zero attached hydrogens (tertiary/aromatic N) is 1. The van der Waals surface area contributed by atoms with Gasteiger partial charge in [0.25, 0.3) is 0 Å². The minimum absolute atomic E-state index is 0.0957. The number of benzene rings is 1. The Hall–Kier alpha value is -1.80. The molecule has 1 aliphatic heterocycles. The summed E-state index contributed by atoms with van der Waals surface area (Å²) in [5, 5.41) is 5.05. The summed E-state index contributed by atoms with van der Waals surface area (Å²) in [6.45, 7) is 0.670. The highest BCUT2D eigenvalue weighted by molar-refractivity contribution is 7.89. The minimum Gasteiger partial charge on any atom is -0.496 e. The summed E-state index contributed by atoms with van der Waals surface area (Å²) >= 11 is 0. The zero-order chi connectivity index (χ0) is 16.3. The maximum absolute atomic E-state index is 12.1. The van der Waals surface area contributed by atoms with Crippen LogP contribution in [0.5, 0.6) is 11.5 Å². The number of carbonyl (C=O) groups is 1. The van der Waals surface area contributed by atoms with E-state index < -0.39 is 10.0 Å². The molecule has 0 radical (unpaired) electrons. The third-order valence-corrected chi connectivity index (χ3v) is 4.58. The maximum Gasteiger partial charge on any atom is 0.223 e. The molecule has 1 heterocycles. The van der Waals surface area contributed by atoms with Crippen LogP contribution >= 0.6 is 0 Å². The van der Waals surface area contributed by atoms with Crippen LogP contribution < -0.4 is 14.6 Å². The Morgan fingerprint density at radius 1 is 1.27 bits per heavy atom. The van der Waals surface area contributed by atoms with E-state index in [2.05, 4.69) is 0 Å². The van der Waals surface area contributed by atoms with Gasteiger partial charge in [-0.05, 0) is 12.1 Å². The number of nitrogens with two attached hydrogens (primary N) is 1. The van der Waals surface area contributed by atoms with Gasteiger partial charge in [-0.2, -0.15) is 0 Å². The Kier molecular flexibility index (Phi) is 4.92. The number of methoxy groups -OCH3 is 2. The second kappa shape index (κ2) is 6.53. The molecule has 1 aliphatic rings. The van der Waals surface area contributed by atoms with Crippen molar-refractivity contribution in [1.29, 1.82) is 0 Å². The second-order valence-electron chi connectivity index (χ2n) is 5.32. The summed E-state index contributed by atoms with van der Waals surface area (Å²) in [7, 11) is -0.482. The monoisotopic (exact) mass is 328 g/mol. The molecule has 1 unspecified atom stereocenters. The molecule has 7 nitrogen and oxygen atoms in total. The topological polar surface area (TPSA) is 98.9 Å². The van der Waals surface area contributed by atoms with Crippen molar-refractivity contribution in [3.8, 4) is 11.5 Å². The summed E-state index contributed by atoms with van der Waals surface area (Å²) in [6, 6.07) is 5.39. The summed E-state index contributed by atoms with van der Waals surface area (Å²) in [5.74, 6) is 0.701. The molecule has 0 bridgehead atoms. The Morgan fingerprint density at radius 2 is 1.86 bits per heavy atom. The maximum atomic E-state index is 12.1. The number of primary sulfonamides is 1. The lowest BCUT2D eigenvalue weighted by Gasteiger charge is -2.20. The van der Waals surface area contributed by atoms with Crippen molar-refractivity contribution < 1.29 is 22.7 Å². The van der Waals surface area contributed by atoms with E-state index in [0.717, 1.165) is 5.56 Å². The molecule has 22 heavy (non-hydrogen) atoms. The van der Waals surface area contributed by atoms with E-state index >= 15 is 0 Å². The van der Waals surface area contributed by atoms with Gasteiger partial charge in [0.1, 0.15) is 11.5 Å². The Morgan fingerprint density at radius 3 is 2.36 bits per heavy atom. The van der Waals surface area contributed by atoms with Crippen molar-refractivity contribution >= 4 is 15.9 Å². The van der Waals surface area contributed by atoms with Crippen LogP contribution in [0.3, 0.4) is 0 Å². The third-order valence-electron chi connectivity index (χ3n) is 3.64. The standard InChI is InChI=1S/C14H20N2O5S/c1-20-12-4-3-5-13(21-2)11(12)8-16-7-10(6-14(16)17)9-22(15,18)19/h3-5,10H,6-9H2,1-2H3,(H2,15,18,19). The fourth-order valence-electron chi connectivity index (χ4n) is 2.72. The highest BCUT2D eigenvalue weighted by atomic mass is 32.2. The third kappa shape index (κ3) is 3.89. The first-order chi connectivity index (χ1) is 10.3. The molecular formula is C14H20N2O5S. The first kappa shape index (κ1) is 16.6. The van der Waals surface area contributed by atoms with E-state index in [0.29, 0.717) is 24.6 Å². The molecular weight excluding hydrogens is 308 g/mol. The summed E-state index contributed by atoms with van der Waals surface area (Å²) in [6.07, 6.45) is 0.188. The predicted molar refractivity (Wildman–Crippen MR) is 81.0 cm³/mol. The largest absolute Gasteiger partial charge is 0.496 e. The molecule has 2 rings (SSSR count). The van der Waals surface area contributed by atoms with Crippen LogP contribution in [0.1, 0.15) is 12.0 Å². The molecule has 1 aromatic carbocycles. The van der Waals surface area contributed by atoms with Crippen molar-refractivity contribution in [1.82, 2.24) is 4.90 Å². The molecule has 0 saturated carbocycles. The average molecular weight is 328 g/mol. The molecule has 1 atom stereocenters. The molecule has 2 N–H and O–H groups in total. The van der Waals surface area contributed by atoms with Gasteiger partial charge in [-0.25, -0.2) is 13.6 Å². The number of ether oxygens (including phenoxy) is 2. The fourth-order valence-corrected chi connectivity index (χ4v) is 3.60. The SMILES string of the molecule is COc1cccc(OC)c1CN1CC(CS(N)(=O)=O)CC1=O. The van der Waals surface area contributed by atoms with E-state index in [-0.39, 0.29) is 24.0 Å². The highest BCUT2D eigenvalue weighted by Crippen LogP contribution is 2.31. The van der Waals surface area contributed by atoms with Gasteiger partial charge in [-0.15, -0.1) is 0 Å². The number of hydrogen-bond acceptors (Lipinski definition) is 5. The number of likely N-dealkylation sites (tertiary alicyclic amines) is 1. The van der Waals surface area contributed by atoms with Gasteiger partial charge in [0.15, 0.2) is 0 Å². The normalized spacial score (nSPS) is 18.6. The van der Waals surface area contributed by atoms with Crippen LogP contribution in [0.25, 0.3) is 0 Å². The average Bonchev–Trinajstić information content (AvgIpc) is 2.76. The number of rotatable bonds is 6. The van der Waals surface area contributed by atoms with E-state index in [1.54, 1.807) is 37.3 Å². The lowest BCUT2D eigenvalue weighted by atomic mass is 10.1. The number of sulfonamides is 1. The molecule has 0 aliphatic carbocycles. The molecule has 0 aromatic heterocycles. The molecule has 122 valence electrons.